The van der Waals surface area contributed by atoms with Crippen LogP contribution >= 0.6 is 22.7 Å². The molecular formula is C17H15N3O4S3. The van der Waals surface area contributed by atoms with Crippen LogP contribution in [0.15, 0.2) is 45.4 Å². The van der Waals surface area contributed by atoms with E-state index in [4.69, 9.17) is 4.74 Å². The Labute approximate surface area is 164 Å². The highest BCUT2D eigenvalue weighted by Crippen LogP contribution is 2.38. The van der Waals surface area contributed by atoms with Crippen molar-refractivity contribution in [3.8, 4) is 10.6 Å². The van der Waals surface area contributed by atoms with Crippen LogP contribution < -0.4 is 10.0 Å². The van der Waals surface area contributed by atoms with E-state index in [9.17, 15) is 13.2 Å². The largest absolute Gasteiger partial charge is 0.446 e. The van der Waals surface area contributed by atoms with Gasteiger partial charge in [-0.1, -0.05) is 6.07 Å². The second kappa shape index (κ2) is 6.95. The number of fused-ring (bicyclic) bond motifs is 1. The van der Waals surface area contributed by atoms with E-state index in [0.29, 0.717) is 28.4 Å². The Morgan fingerprint density at radius 3 is 2.85 bits per heavy atom. The van der Waals surface area contributed by atoms with Crippen molar-refractivity contribution in [1.82, 2.24) is 4.98 Å². The van der Waals surface area contributed by atoms with E-state index in [0.717, 1.165) is 16.9 Å². The molecule has 3 aromatic rings. The van der Waals surface area contributed by atoms with E-state index in [1.54, 1.807) is 42.8 Å². The number of hydrogen-bond acceptors (Lipinski definition) is 7. The van der Waals surface area contributed by atoms with E-state index in [2.05, 4.69) is 15.0 Å². The van der Waals surface area contributed by atoms with Gasteiger partial charge in [0.25, 0.3) is 10.0 Å². The van der Waals surface area contributed by atoms with Crippen LogP contribution in [0.2, 0.25) is 0 Å². The molecule has 0 fully saturated rings. The molecule has 1 amide bonds. The molecule has 3 heterocycles. The van der Waals surface area contributed by atoms with Gasteiger partial charge in [-0.3, -0.25) is 10.0 Å². The standard InChI is InChI=1S/C17H15N3O4S3/c1-10-7-11-8-12(20-27(22,23)14-3-2-5-25-14)9-13(16-18-4-6-26-16)15(11)19-17(21)24-10/h2-6,8-10,20H,7H2,1H3,(H,19,21). The van der Waals surface area contributed by atoms with Gasteiger partial charge in [0.15, 0.2) is 0 Å². The maximum Gasteiger partial charge on any atom is 0.411 e. The lowest BCUT2D eigenvalue weighted by Crippen LogP contribution is -2.17. The molecule has 0 bridgehead atoms. The molecule has 0 saturated carbocycles. The van der Waals surface area contributed by atoms with Crippen molar-refractivity contribution in [3.63, 3.8) is 0 Å². The summed E-state index contributed by atoms with van der Waals surface area (Å²) in [5, 5.41) is 6.97. The summed E-state index contributed by atoms with van der Waals surface area (Å²) < 4.78 is 33.3. The van der Waals surface area contributed by atoms with Gasteiger partial charge in [0, 0.05) is 29.2 Å². The number of thiazole rings is 1. The molecule has 10 heteroatoms. The Morgan fingerprint density at radius 1 is 1.30 bits per heavy atom. The smallest absolute Gasteiger partial charge is 0.411 e. The van der Waals surface area contributed by atoms with Crippen molar-refractivity contribution >= 4 is 50.2 Å². The van der Waals surface area contributed by atoms with Gasteiger partial charge in [-0.15, -0.1) is 22.7 Å². The maximum atomic E-state index is 12.6. The van der Waals surface area contributed by atoms with Crippen LogP contribution in [0.4, 0.5) is 16.2 Å². The second-order valence-corrected chi connectivity index (χ2v) is 9.73. The Kier molecular flexibility index (Phi) is 4.62. The summed E-state index contributed by atoms with van der Waals surface area (Å²) in [5.74, 6) is 0. The number of anilines is 2. The molecule has 1 unspecified atom stereocenters. The highest BCUT2D eigenvalue weighted by molar-refractivity contribution is 7.94. The number of sulfonamides is 1. The third-order valence-corrected chi connectivity index (χ3v) is 7.52. The Hall–Kier alpha value is -2.43. The normalized spacial score (nSPS) is 16.8. The van der Waals surface area contributed by atoms with Crippen LogP contribution in [0, 0.1) is 0 Å². The summed E-state index contributed by atoms with van der Waals surface area (Å²) in [7, 11) is -3.68. The van der Waals surface area contributed by atoms with Crippen molar-refractivity contribution < 1.29 is 17.9 Å². The van der Waals surface area contributed by atoms with E-state index < -0.39 is 16.1 Å². The van der Waals surface area contributed by atoms with Gasteiger partial charge in [-0.05, 0) is 36.1 Å². The summed E-state index contributed by atoms with van der Waals surface area (Å²) in [6.07, 6.45) is 1.25. The van der Waals surface area contributed by atoms with E-state index in [-0.39, 0.29) is 10.3 Å². The molecular weight excluding hydrogens is 406 g/mol. The van der Waals surface area contributed by atoms with Crippen molar-refractivity contribution in [2.24, 2.45) is 0 Å². The van der Waals surface area contributed by atoms with Crippen molar-refractivity contribution in [2.45, 2.75) is 23.7 Å². The number of ether oxygens (including phenoxy) is 1. The van der Waals surface area contributed by atoms with Gasteiger partial charge < -0.3 is 4.74 Å². The average Bonchev–Trinajstić information content (AvgIpc) is 3.27. The van der Waals surface area contributed by atoms with E-state index >= 15 is 0 Å². The fourth-order valence-corrected chi connectivity index (χ4v) is 5.58. The minimum atomic E-state index is -3.68. The molecule has 27 heavy (non-hydrogen) atoms. The lowest BCUT2D eigenvalue weighted by atomic mass is 10.0. The van der Waals surface area contributed by atoms with Gasteiger partial charge in [0.05, 0.1) is 5.69 Å². The van der Waals surface area contributed by atoms with Crippen LogP contribution in [0.5, 0.6) is 0 Å². The minimum Gasteiger partial charge on any atom is -0.446 e. The Morgan fingerprint density at radius 2 is 2.15 bits per heavy atom. The molecule has 2 N–H and O–H groups in total. The highest BCUT2D eigenvalue weighted by atomic mass is 32.2. The molecule has 1 aliphatic rings. The first-order valence-electron chi connectivity index (χ1n) is 8.03. The Balaban J connectivity index is 1.82. The van der Waals surface area contributed by atoms with Gasteiger partial charge >= 0.3 is 6.09 Å². The summed E-state index contributed by atoms with van der Waals surface area (Å²) in [6, 6.07) is 6.64. The summed E-state index contributed by atoms with van der Waals surface area (Å²) in [4.78, 5) is 16.3. The number of nitrogens with zero attached hydrogens (tertiary/aromatic N) is 1. The van der Waals surface area contributed by atoms with E-state index in [1.165, 1.54) is 11.3 Å². The zero-order chi connectivity index (χ0) is 19.0. The number of rotatable bonds is 4. The molecule has 1 aliphatic heterocycles. The third kappa shape index (κ3) is 3.68. The van der Waals surface area contributed by atoms with Crippen LogP contribution in [-0.4, -0.2) is 25.6 Å². The van der Waals surface area contributed by atoms with Gasteiger partial charge in [0.2, 0.25) is 0 Å². The second-order valence-electron chi connectivity index (χ2n) is 5.98. The number of carbonyl (C=O) groups excluding carboxylic acids is 1. The lowest BCUT2D eigenvalue weighted by Gasteiger charge is -2.15. The summed E-state index contributed by atoms with van der Waals surface area (Å²) in [5.41, 5.74) is 2.44. The number of hydrogen-bond donors (Lipinski definition) is 2. The molecule has 4 rings (SSSR count). The van der Waals surface area contributed by atoms with Gasteiger partial charge in [0.1, 0.15) is 15.3 Å². The molecule has 1 atom stereocenters. The quantitative estimate of drug-likeness (QED) is 0.659. The zero-order valence-electron chi connectivity index (χ0n) is 14.1. The first-order valence-corrected chi connectivity index (χ1v) is 11.3. The fraction of sp³-hybridized carbons (Fsp3) is 0.176. The number of nitrogens with one attached hydrogen (secondary N) is 2. The van der Waals surface area contributed by atoms with E-state index in [1.807, 2.05) is 5.38 Å². The molecule has 0 radical (unpaired) electrons. The zero-order valence-corrected chi connectivity index (χ0v) is 16.6. The van der Waals surface area contributed by atoms with Gasteiger partial charge in [-0.2, -0.15) is 0 Å². The number of benzene rings is 1. The first kappa shape index (κ1) is 18.0. The van der Waals surface area contributed by atoms with Crippen LogP contribution in [-0.2, 0) is 21.2 Å². The van der Waals surface area contributed by atoms with Crippen LogP contribution in [0.1, 0.15) is 12.5 Å². The number of amides is 1. The molecule has 0 spiro atoms. The average molecular weight is 422 g/mol. The highest BCUT2D eigenvalue weighted by Gasteiger charge is 2.25. The van der Waals surface area contributed by atoms with Gasteiger partial charge in [-0.25, -0.2) is 18.2 Å². The topological polar surface area (TPSA) is 97.4 Å². The molecule has 140 valence electrons. The fourth-order valence-electron chi connectivity index (χ4n) is 2.88. The molecule has 1 aromatic carbocycles. The molecule has 2 aromatic heterocycles. The number of aromatic nitrogens is 1. The predicted molar refractivity (Wildman–Crippen MR) is 106 cm³/mol. The minimum absolute atomic E-state index is 0.234. The maximum absolute atomic E-state index is 12.6. The number of carbonyl (C=O) groups is 1. The molecule has 0 saturated heterocycles. The van der Waals surface area contributed by atoms with Crippen molar-refractivity contribution in [1.29, 1.82) is 0 Å². The van der Waals surface area contributed by atoms with Crippen LogP contribution in [0.3, 0.4) is 0 Å². The van der Waals surface area contributed by atoms with Crippen molar-refractivity contribution in [2.75, 3.05) is 10.0 Å². The molecule has 0 aliphatic carbocycles. The summed E-state index contributed by atoms with van der Waals surface area (Å²) in [6.45, 7) is 1.79. The summed E-state index contributed by atoms with van der Waals surface area (Å²) >= 11 is 2.55. The first-order chi connectivity index (χ1) is 12.9. The molecule has 7 nitrogen and oxygen atoms in total. The monoisotopic (exact) mass is 421 g/mol. The predicted octanol–water partition coefficient (Wildman–Crippen LogP) is 4.17. The lowest BCUT2D eigenvalue weighted by molar-refractivity contribution is 0.123. The van der Waals surface area contributed by atoms with Crippen molar-refractivity contribution in [3.05, 3.63) is 46.8 Å². The SMILES string of the molecule is CC1Cc2cc(NS(=O)(=O)c3cccs3)cc(-c3nccs3)c2NC(=O)O1. The Bertz CT molecular complexity index is 1080. The number of thiophene rings is 1. The third-order valence-electron chi connectivity index (χ3n) is 3.94. The van der Waals surface area contributed by atoms with Crippen LogP contribution in [0.25, 0.3) is 10.6 Å². The number of cyclic esters (lactones) is 1.